The zero-order chi connectivity index (χ0) is 16.6. The van der Waals surface area contributed by atoms with Crippen LogP contribution in [0.15, 0.2) is 36.5 Å². The standard InChI is InChI=1S/C19H23N3O2/c23-18(16-7-3-5-15-6-4-9-20-17(15)16)22-12-8-19(24,14-22)13-21-10-1-2-11-21/h3-7,9,24H,1-2,8,10-14H2/t19-/m0/s1. The molecule has 2 aromatic rings. The molecule has 2 saturated heterocycles. The Bertz CT molecular complexity index is 752. The molecule has 1 aromatic heterocycles. The lowest BCUT2D eigenvalue weighted by atomic mass is 10.0. The van der Waals surface area contributed by atoms with E-state index in [2.05, 4.69) is 9.88 Å². The van der Waals surface area contributed by atoms with Crippen molar-refractivity contribution >= 4 is 16.8 Å². The van der Waals surface area contributed by atoms with Crippen molar-refractivity contribution in [3.63, 3.8) is 0 Å². The zero-order valence-electron chi connectivity index (χ0n) is 13.8. The maximum absolute atomic E-state index is 12.9. The number of likely N-dealkylation sites (tertiary alicyclic amines) is 2. The van der Waals surface area contributed by atoms with E-state index in [4.69, 9.17) is 0 Å². The van der Waals surface area contributed by atoms with Gasteiger partial charge in [-0.05, 0) is 44.5 Å². The molecule has 0 unspecified atom stereocenters. The van der Waals surface area contributed by atoms with Gasteiger partial charge in [0.05, 0.1) is 23.2 Å². The molecule has 3 heterocycles. The van der Waals surface area contributed by atoms with E-state index in [1.165, 1.54) is 12.8 Å². The third-order valence-electron chi connectivity index (χ3n) is 5.20. The highest BCUT2D eigenvalue weighted by Crippen LogP contribution is 2.27. The van der Waals surface area contributed by atoms with Crippen LogP contribution in [0.2, 0.25) is 0 Å². The molecule has 2 aliphatic rings. The molecule has 0 saturated carbocycles. The molecular formula is C19H23N3O2. The molecule has 0 spiro atoms. The van der Waals surface area contributed by atoms with Gasteiger partial charge in [0.2, 0.25) is 0 Å². The molecule has 1 N–H and O–H groups in total. The van der Waals surface area contributed by atoms with E-state index in [1.807, 2.05) is 30.3 Å². The summed E-state index contributed by atoms with van der Waals surface area (Å²) >= 11 is 0. The number of hydrogen-bond donors (Lipinski definition) is 1. The Labute approximate surface area is 141 Å². The summed E-state index contributed by atoms with van der Waals surface area (Å²) in [7, 11) is 0. The van der Waals surface area contributed by atoms with Gasteiger partial charge < -0.3 is 14.9 Å². The summed E-state index contributed by atoms with van der Waals surface area (Å²) in [6.07, 6.45) is 4.78. The van der Waals surface area contributed by atoms with Crippen molar-refractivity contribution in [2.75, 3.05) is 32.7 Å². The summed E-state index contributed by atoms with van der Waals surface area (Å²) < 4.78 is 0. The van der Waals surface area contributed by atoms with Crippen LogP contribution < -0.4 is 0 Å². The van der Waals surface area contributed by atoms with Crippen molar-refractivity contribution in [1.82, 2.24) is 14.8 Å². The van der Waals surface area contributed by atoms with Gasteiger partial charge in [-0.3, -0.25) is 9.78 Å². The molecule has 4 rings (SSSR count). The number of carbonyl (C=O) groups excluding carboxylic acids is 1. The number of amides is 1. The van der Waals surface area contributed by atoms with Crippen LogP contribution in [0.4, 0.5) is 0 Å². The predicted octanol–water partition coefficient (Wildman–Crippen LogP) is 1.91. The minimum Gasteiger partial charge on any atom is -0.387 e. The molecule has 2 fully saturated rings. The van der Waals surface area contributed by atoms with Gasteiger partial charge in [0, 0.05) is 24.7 Å². The van der Waals surface area contributed by atoms with Crippen LogP contribution in [-0.4, -0.2) is 64.1 Å². The van der Waals surface area contributed by atoms with Crippen LogP contribution in [-0.2, 0) is 0 Å². The van der Waals surface area contributed by atoms with Crippen LogP contribution in [0.3, 0.4) is 0 Å². The topological polar surface area (TPSA) is 56.7 Å². The van der Waals surface area contributed by atoms with E-state index < -0.39 is 5.60 Å². The number of rotatable bonds is 3. The molecule has 0 bridgehead atoms. The quantitative estimate of drug-likeness (QED) is 0.936. The van der Waals surface area contributed by atoms with E-state index in [-0.39, 0.29) is 5.91 Å². The fourth-order valence-electron chi connectivity index (χ4n) is 3.96. The Hall–Kier alpha value is -1.98. The van der Waals surface area contributed by atoms with Crippen LogP contribution in [0.1, 0.15) is 29.6 Å². The Morgan fingerprint density at radius 3 is 2.79 bits per heavy atom. The monoisotopic (exact) mass is 325 g/mol. The average Bonchev–Trinajstić information content (AvgIpc) is 3.24. The van der Waals surface area contributed by atoms with Crippen molar-refractivity contribution in [2.24, 2.45) is 0 Å². The average molecular weight is 325 g/mol. The number of fused-ring (bicyclic) bond motifs is 1. The highest BCUT2D eigenvalue weighted by atomic mass is 16.3. The van der Waals surface area contributed by atoms with E-state index in [0.29, 0.717) is 31.6 Å². The highest BCUT2D eigenvalue weighted by molar-refractivity contribution is 6.05. The fourth-order valence-corrected chi connectivity index (χ4v) is 3.96. The first-order chi connectivity index (χ1) is 11.6. The minimum absolute atomic E-state index is 0.0309. The van der Waals surface area contributed by atoms with Gasteiger partial charge in [-0.15, -0.1) is 0 Å². The van der Waals surface area contributed by atoms with Crippen LogP contribution >= 0.6 is 0 Å². The number of para-hydroxylation sites is 1. The van der Waals surface area contributed by atoms with Gasteiger partial charge in [-0.2, -0.15) is 0 Å². The van der Waals surface area contributed by atoms with Crippen molar-refractivity contribution in [3.05, 3.63) is 42.1 Å². The molecule has 2 aliphatic heterocycles. The summed E-state index contributed by atoms with van der Waals surface area (Å²) in [5, 5.41) is 11.8. The van der Waals surface area contributed by atoms with Crippen molar-refractivity contribution < 1.29 is 9.90 Å². The lowest BCUT2D eigenvalue weighted by Crippen LogP contribution is -2.45. The molecular weight excluding hydrogens is 302 g/mol. The Morgan fingerprint density at radius 2 is 1.96 bits per heavy atom. The predicted molar refractivity (Wildman–Crippen MR) is 92.9 cm³/mol. The second-order valence-electron chi connectivity index (χ2n) is 7.06. The third-order valence-corrected chi connectivity index (χ3v) is 5.20. The summed E-state index contributed by atoms with van der Waals surface area (Å²) in [6, 6.07) is 9.53. The largest absolute Gasteiger partial charge is 0.387 e. The summed E-state index contributed by atoms with van der Waals surface area (Å²) in [5.74, 6) is -0.0309. The van der Waals surface area contributed by atoms with Crippen molar-refractivity contribution in [2.45, 2.75) is 24.9 Å². The van der Waals surface area contributed by atoms with E-state index in [9.17, 15) is 9.90 Å². The first kappa shape index (κ1) is 15.5. The third kappa shape index (κ3) is 2.89. The van der Waals surface area contributed by atoms with Crippen LogP contribution in [0, 0.1) is 0 Å². The van der Waals surface area contributed by atoms with Crippen LogP contribution in [0.5, 0.6) is 0 Å². The van der Waals surface area contributed by atoms with Gasteiger partial charge in [0.1, 0.15) is 0 Å². The van der Waals surface area contributed by atoms with Crippen molar-refractivity contribution in [1.29, 1.82) is 0 Å². The summed E-state index contributed by atoms with van der Waals surface area (Å²) in [4.78, 5) is 21.4. The SMILES string of the molecule is O=C(c1cccc2cccnc12)N1CC[C@](O)(CN2CCCC2)C1. The molecule has 5 heteroatoms. The molecule has 1 amide bonds. The number of carbonyl (C=O) groups is 1. The van der Waals surface area contributed by atoms with E-state index in [0.717, 1.165) is 24.0 Å². The molecule has 24 heavy (non-hydrogen) atoms. The Kier molecular flexibility index (Phi) is 3.98. The van der Waals surface area contributed by atoms with E-state index >= 15 is 0 Å². The first-order valence-corrected chi connectivity index (χ1v) is 8.72. The number of pyridine rings is 1. The van der Waals surface area contributed by atoms with Crippen molar-refractivity contribution in [3.8, 4) is 0 Å². The maximum atomic E-state index is 12.9. The van der Waals surface area contributed by atoms with Gasteiger partial charge in [0.15, 0.2) is 0 Å². The highest BCUT2D eigenvalue weighted by Gasteiger charge is 2.40. The number of aromatic nitrogens is 1. The van der Waals surface area contributed by atoms with Gasteiger partial charge in [-0.1, -0.05) is 18.2 Å². The molecule has 1 aromatic carbocycles. The molecule has 126 valence electrons. The number of nitrogens with zero attached hydrogens (tertiary/aromatic N) is 3. The summed E-state index contributed by atoms with van der Waals surface area (Å²) in [6.45, 7) is 3.80. The second-order valence-corrected chi connectivity index (χ2v) is 7.06. The Balaban J connectivity index is 1.52. The number of aliphatic hydroxyl groups is 1. The number of benzene rings is 1. The molecule has 0 aliphatic carbocycles. The molecule has 0 radical (unpaired) electrons. The van der Waals surface area contributed by atoms with Crippen LogP contribution in [0.25, 0.3) is 10.9 Å². The minimum atomic E-state index is -0.780. The summed E-state index contributed by atoms with van der Waals surface area (Å²) in [5.41, 5.74) is 0.580. The number of hydrogen-bond acceptors (Lipinski definition) is 4. The lowest BCUT2D eigenvalue weighted by molar-refractivity contribution is 0.0176. The lowest BCUT2D eigenvalue weighted by Gasteiger charge is -2.28. The molecule has 1 atom stereocenters. The smallest absolute Gasteiger partial charge is 0.256 e. The Morgan fingerprint density at radius 1 is 1.17 bits per heavy atom. The fraction of sp³-hybridized carbons (Fsp3) is 0.474. The maximum Gasteiger partial charge on any atom is 0.256 e. The van der Waals surface area contributed by atoms with Gasteiger partial charge in [0.25, 0.3) is 5.91 Å². The normalized spacial score (nSPS) is 24.8. The van der Waals surface area contributed by atoms with Gasteiger partial charge in [-0.25, -0.2) is 0 Å². The second kappa shape index (κ2) is 6.15. The van der Waals surface area contributed by atoms with Gasteiger partial charge >= 0.3 is 0 Å². The first-order valence-electron chi connectivity index (χ1n) is 8.72. The number of β-amino-alcohol motifs (C(OH)–C–C–N with tert-alkyl or cyclic N) is 1. The molecule has 5 nitrogen and oxygen atoms in total. The zero-order valence-corrected chi connectivity index (χ0v) is 13.8. The van der Waals surface area contributed by atoms with E-state index in [1.54, 1.807) is 11.1 Å².